The number of carbonyl (C=O) groups is 3. The Labute approximate surface area is 150 Å². The third kappa shape index (κ3) is 3.29. The highest BCUT2D eigenvalue weighted by atomic mass is 16.5. The van der Waals surface area contributed by atoms with Crippen LogP contribution >= 0.6 is 0 Å². The molecule has 26 heavy (non-hydrogen) atoms. The number of likely N-dealkylation sites (N-methyl/N-ethyl adjacent to an activating group) is 2. The Kier molecular flexibility index (Phi) is 5.41. The van der Waals surface area contributed by atoms with Crippen LogP contribution in [0.4, 0.5) is 0 Å². The number of hydrogen-bond donors (Lipinski definition) is 3. The highest BCUT2D eigenvalue weighted by Crippen LogP contribution is 2.22. The maximum atomic E-state index is 12.7. The van der Waals surface area contributed by atoms with E-state index in [9.17, 15) is 14.4 Å². The summed E-state index contributed by atoms with van der Waals surface area (Å²) in [6, 6.07) is 6.47. The van der Waals surface area contributed by atoms with Crippen molar-refractivity contribution in [2.45, 2.75) is 19.4 Å². The lowest BCUT2D eigenvalue weighted by Gasteiger charge is -2.34. The van der Waals surface area contributed by atoms with Crippen LogP contribution in [0.15, 0.2) is 34.9 Å². The average Bonchev–Trinajstić information content (AvgIpc) is 3.11. The summed E-state index contributed by atoms with van der Waals surface area (Å²) in [5.41, 5.74) is 1.14. The minimum Gasteiger partial charge on any atom is -0.449 e. The van der Waals surface area contributed by atoms with Crippen LogP contribution in [0.2, 0.25) is 0 Å². The zero-order chi connectivity index (χ0) is 19.5. The number of amides is 3. The fraction of sp³-hybridized carbons (Fsp3) is 0.294. The number of rotatable bonds is 5. The minimum atomic E-state index is -1.93. The van der Waals surface area contributed by atoms with Gasteiger partial charge in [0.25, 0.3) is 17.7 Å². The van der Waals surface area contributed by atoms with Crippen molar-refractivity contribution < 1.29 is 24.0 Å². The molecule has 1 aromatic carbocycles. The largest absolute Gasteiger partial charge is 0.449 e. The molecule has 9 heteroatoms. The number of oxazole rings is 1. The van der Waals surface area contributed by atoms with Crippen LogP contribution < -0.4 is 10.8 Å². The van der Waals surface area contributed by atoms with E-state index in [1.807, 2.05) is 0 Å². The second kappa shape index (κ2) is 7.36. The predicted octanol–water partition coefficient (Wildman–Crippen LogP) is 0.732. The first-order valence-corrected chi connectivity index (χ1v) is 7.73. The van der Waals surface area contributed by atoms with Crippen molar-refractivity contribution in [1.82, 2.24) is 20.7 Å². The molecule has 0 spiro atoms. The molecular formula is C17H20N4O5. The van der Waals surface area contributed by atoms with Gasteiger partial charge in [0.1, 0.15) is 12.0 Å². The van der Waals surface area contributed by atoms with E-state index in [0.717, 1.165) is 10.5 Å². The van der Waals surface area contributed by atoms with Gasteiger partial charge in [-0.1, -0.05) is 12.1 Å². The molecule has 1 aromatic heterocycles. The minimum absolute atomic E-state index is 0.261. The summed E-state index contributed by atoms with van der Waals surface area (Å²) in [5, 5.41) is 11.3. The molecule has 0 aliphatic carbocycles. The van der Waals surface area contributed by atoms with Gasteiger partial charge in [0.2, 0.25) is 0 Å². The molecule has 2 rings (SSSR count). The van der Waals surface area contributed by atoms with Crippen molar-refractivity contribution >= 4 is 17.7 Å². The molecule has 0 saturated heterocycles. The van der Waals surface area contributed by atoms with Crippen molar-refractivity contribution in [2.75, 3.05) is 14.1 Å². The van der Waals surface area contributed by atoms with Gasteiger partial charge in [-0.15, -0.1) is 0 Å². The van der Waals surface area contributed by atoms with Gasteiger partial charge in [0, 0.05) is 32.1 Å². The molecule has 0 fully saturated rings. The molecule has 0 aliphatic heterocycles. The third-order valence-electron chi connectivity index (χ3n) is 4.23. The first-order chi connectivity index (χ1) is 12.2. The topological polar surface area (TPSA) is 125 Å². The summed E-state index contributed by atoms with van der Waals surface area (Å²) in [6.45, 7) is 2.96. The van der Waals surface area contributed by atoms with Crippen LogP contribution in [0.3, 0.4) is 0 Å². The number of aryl methyl sites for hydroxylation is 1. The van der Waals surface area contributed by atoms with E-state index in [0.29, 0.717) is 11.6 Å². The van der Waals surface area contributed by atoms with E-state index in [1.165, 1.54) is 32.8 Å². The Morgan fingerprint density at radius 2 is 1.81 bits per heavy atom. The lowest BCUT2D eigenvalue weighted by atomic mass is 9.96. The summed E-state index contributed by atoms with van der Waals surface area (Å²) in [5.74, 6) is -1.81. The monoisotopic (exact) mass is 360 g/mol. The normalized spacial score (nSPS) is 12.8. The van der Waals surface area contributed by atoms with Crippen molar-refractivity contribution in [3.8, 4) is 11.3 Å². The molecule has 0 saturated carbocycles. The molecule has 138 valence electrons. The Hall–Kier alpha value is -3.20. The molecule has 3 amide bonds. The second-order valence-electron chi connectivity index (χ2n) is 5.79. The van der Waals surface area contributed by atoms with Gasteiger partial charge < -0.3 is 14.6 Å². The first-order valence-electron chi connectivity index (χ1n) is 7.73. The molecule has 3 N–H and O–H groups in total. The third-order valence-corrected chi connectivity index (χ3v) is 4.23. The maximum Gasteiger partial charge on any atom is 0.278 e. The predicted molar refractivity (Wildman–Crippen MR) is 91.2 cm³/mol. The maximum absolute atomic E-state index is 12.7. The average molecular weight is 360 g/mol. The van der Waals surface area contributed by atoms with Crippen molar-refractivity contribution in [3.05, 3.63) is 42.0 Å². The Morgan fingerprint density at radius 1 is 1.19 bits per heavy atom. The Balaban J connectivity index is 2.31. The van der Waals surface area contributed by atoms with E-state index in [-0.39, 0.29) is 5.56 Å². The van der Waals surface area contributed by atoms with Crippen LogP contribution in [-0.4, -0.2) is 52.4 Å². The highest BCUT2D eigenvalue weighted by molar-refractivity contribution is 6.12. The molecule has 0 radical (unpaired) electrons. The molecule has 0 aliphatic rings. The number of benzene rings is 1. The van der Waals surface area contributed by atoms with Gasteiger partial charge in [-0.3, -0.25) is 19.6 Å². The summed E-state index contributed by atoms with van der Waals surface area (Å²) < 4.78 is 5.16. The molecular weight excluding hydrogens is 340 g/mol. The Morgan fingerprint density at radius 3 is 2.27 bits per heavy atom. The van der Waals surface area contributed by atoms with Crippen LogP contribution in [0.1, 0.15) is 23.2 Å². The van der Waals surface area contributed by atoms with Gasteiger partial charge in [-0.2, -0.15) is 0 Å². The van der Waals surface area contributed by atoms with E-state index in [1.54, 1.807) is 31.2 Å². The van der Waals surface area contributed by atoms with Gasteiger partial charge in [0.15, 0.2) is 11.4 Å². The summed E-state index contributed by atoms with van der Waals surface area (Å²) in [7, 11) is 2.64. The fourth-order valence-corrected chi connectivity index (χ4v) is 2.44. The van der Waals surface area contributed by atoms with E-state index in [2.05, 4.69) is 10.3 Å². The van der Waals surface area contributed by atoms with E-state index in [4.69, 9.17) is 9.62 Å². The van der Waals surface area contributed by atoms with Crippen LogP contribution in [-0.2, 0) is 9.59 Å². The van der Waals surface area contributed by atoms with Crippen molar-refractivity contribution in [2.24, 2.45) is 0 Å². The zero-order valence-electron chi connectivity index (χ0n) is 14.9. The number of nitrogens with one attached hydrogen (secondary N) is 2. The molecule has 0 unspecified atom stereocenters. The summed E-state index contributed by atoms with van der Waals surface area (Å²) in [4.78, 5) is 42.1. The lowest BCUT2D eigenvalue weighted by molar-refractivity contribution is -0.148. The lowest BCUT2D eigenvalue weighted by Crippen LogP contribution is -2.64. The molecule has 1 atom stereocenters. The van der Waals surface area contributed by atoms with Crippen molar-refractivity contribution in [3.63, 3.8) is 0 Å². The molecule has 2 aromatic rings. The molecule has 1 heterocycles. The molecule has 9 nitrogen and oxygen atoms in total. The van der Waals surface area contributed by atoms with Crippen LogP contribution in [0.25, 0.3) is 11.3 Å². The quantitative estimate of drug-likeness (QED) is 0.410. The number of hydroxylamine groups is 1. The standard InChI is InChI=1S/C17H20N4O5/c1-10-19-13(9-26-10)11-5-7-12(8-6-11)14(22)21(4)17(2,15(23)18-3)16(24)20-25/h5-9,25H,1-4H3,(H,18,23)(H,20,24)/t17-/m0/s1. The Bertz CT molecular complexity index is 812. The van der Waals surface area contributed by atoms with Gasteiger partial charge >= 0.3 is 0 Å². The molecule has 0 bridgehead atoms. The van der Waals surface area contributed by atoms with Gasteiger partial charge in [0.05, 0.1) is 0 Å². The van der Waals surface area contributed by atoms with Crippen LogP contribution in [0.5, 0.6) is 0 Å². The van der Waals surface area contributed by atoms with Crippen molar-refractivity contribution in [1.29, 1.82) is 0 Å². The fourth-order valence-electron chi connectivity index (χ4n) is 2.44. The highest BCUT2D eigenvalue weighted by Gasteiger charge is 2.47. The van der Waals surface area contributed by atoms with Gasteiger partial charge in [-0.25, -0.2) is 10.5 Å². The number of carbonyl (C=O) groups excluding carboxylic acids is 3. The smallest absolute Gasteiger partial charge is 0.278 e. The number of nitrogens with zero attached hydrogens (tertiary/aromatic N) is 2. The second-order valence-corrected chi connectivity index (χ2v) is 5.79. The SMILES string of the molecule is CNC(=O)[C@@](C)(C(=O)NO)N(C)C(=O)c1ccc(-c2coc(C)n2)cc1. The van der Waals surface area contributed by atoms with E-state index < -0.39 is 23.3 Å². The number of hydrogen-bond acceptors (Lipinski definition) is 6. The van der Waals surface area contributed by atoms with E-state index >= 15 is 0 Å². The zero-order valence-corrected chi connectivity index (χ0v) is 14.9. The summed E-state index contributed by atoms with van der Waals surface area (Å²) in [6.07, 6.45) is 1.51. The summed E-state index contributed by atoms with van der Waals surface area (Å²) >= 11 is 0. The first kappa shape index (κ1) is 19.1. The number of aromatic nitrogens is 1. The van der Waals surface area contributed by atoms with Crippen LogP contribution in [0, 0.1) is 6.92 Å². The van der Waals surface area contributed by atoms with Gasteiger partial charge in [-0.05, 0) is 19.1 Å².